The molecule has 192 valence electrons. The number of nitrogens with zero attached hydrogens (tertiary/aromatic N) is 8. The van der Waals surface area contributed by atoms with Crippen molar-refractivity contribution in [2.45, 2.75) is 19.1 Å². The molecule has 0 bridgehead atoms. The maximum Gasteiger partial charge on any atom is 0.228 e. The number of halogens is 1. The minimum atomic E-state index is -0.145. The van der Waals surface area contributed by atoms with Crippen molar-refractivity contribution in [3.05, 3.63) is 71.9 Å². The normalized spacial score (nSPS) is 19.4. The first-order valence-corrected chi connectivity index (χ1v) is 12.8. The summed E-state index contributed by atoms with van der Waals surface area (Å²) < 4.78 is 22.2. The van der Waals surface area contributed by atoms with Gasteiger partial charge in [0.25, 0.3) is 0 Å². The lowest BCUT2D eigenvalue weighted by Gasteiger charge is -2.34. The van der Waals surface area contributed by atoms with E-state index >= 15 is 0 Å². The smallest absolute Gasteiger partial charge is 0.228 e. The maximum atomic E-state index is 14.2. The molecule has 2 saturated heterocycles. The predicted octanol–water partition coefficient (Wildman–Crippen LogP) is 3.19. The molecule has 2 aliphatic rings. The summed E-state index contributed by atoms with van der Waals surface area (Å²) in [7, 11) is 1.94. The maximum absolute atomic E-state index is 14.2. The molecule has 1 atom stereocenters. The number of morpholine rings is 1. The van der Waals surface area contributed by atoms with Gasteiger partial charge in [-0.1, -0.05) is 18.2 Å². The van der Waals surface area contributed by atoms with Crippen LogP contribution in [0.3, 0.4) is 0 Å². The molecular formula is C27H31FN8O. The SMILES string of the molecule is Cn1nccc1C1CN(c2nc(N3CCCN(Cc4ccccc4F)CC3)nc3cccnc23)CCO1. The molecule has 10 heteroatoms. The number of fused-ring (bicyclic) bond motifs is 1. The van der Waals surface area contributed by atoms with Gasteiger partial charge >= 0.3 is 0 Å². The summed E-state index contributed by atoms with van der Waals surface area (Å²) in [5.41, 5.74) is 3.41. The van der Waals surface area contributed by atoms with Gasteiger partial charge in [-0.25, -0.2) is 9.37 Å². The largest absolute Gasteiger partial charge is 0.368 e. The first-order chi connectivity index (χ1) is 18.2. The van der Waals surface area contributed by atoms with Crippen molar-refractivity contribution >= 4 is 22.8 Å². The third-order valence-electron chi connectivity index (χ3n) is 7.20. The number of benzene rings is 1. The third-order valence-corrected chi connectivity index (χ3v) is 7.20. The second-order valence-corrected chi connectivity index (χ2v) is 9.61. The lowest BCUT2D eigenvalue weighted by atomic mass is 10.2. The molecule has 3 aromatic heterocycles. The Kier molecular flexibility index (Phi) is 6.67. The van der Waals surface area contributed by atoms with E-state index in [1.165, 1.54) is 6.07 Å². The molecule has 0 amide bonds. The molecule has 6 rings (SSSR count). The van der Waals surface area contributed by atoms with Gasteiger partial charge < -0.3 is 14.5 Å². The highest BCUT2D eigenvalue weighted by atomic mass is 19.1. The first-order valence-electron chi connectivity index (χ1n) is 12.8. The molecule has 0 saturated carbocycles. The summed E-state index contributed by atoms with van der Waals surface area (Å²) in [6.07, 6.45) is 4.45. The van der Waals surface area contributed by atoms with Gasteiger partial charge in [0.05, 0.1) is 24.4 Å². The predicted molar refractivity (Wildman–Crippen MR) is 140 cm³/mol. The van der Waals surface area contributed by atoms with Crippen LogP contribution in [0.5, 0.6) is 0 Å². The fraction of sp³-hybridized carbons (Fsp3) is 0.407. The first kappa shape index (κ1) is 23.7. The summed E-state index contributed by atoms with van der Waals surface area (Å²) in [4.78, 5) is 21.4. The van der Waals surface area contributed by atoms with Crippen LogP contribution in [0, 0.1) is 5.82 Å². The van der Waals surface area contributed by atoms with Gasteiger partial charge in [0.15, 0.2) is 5.82 Å². The van der Waals surface area contributed by atoms with Crippen LogP contribution in [0.15, 0.2) is 54.9 Å². The fourth-order valence-electron chi connectivity index (χ4n) is 5.22. The van der Waals surface area contributed by atoms with E-state index in [1.807, 2.05) is 42.1 Å². The van der Waals surface area contributed by atoms with Crippen molar-refractivity contribution in [2.24, 2.45) is 7.05 Å². The topological polar surface area (TPSA) is 75.4 Å². The fourth-order valence-corrected chi connectivity index (χ4v) is 5.22. The highest BCUT2D eigenvalue weighted by Crippen LogP contribution is 2.30. The van der Waals surface area contributed by atoms with Crippen LogP contribution in [0.4, 0.5) is 16.2 Å². The van der Waals surface area contributed by atoms with Crippen LogP contribution >= 0.6 is 0 Å². The van der Waals surface area contributed by atoms with Gasteiger partial charge in [0.1, 0.15) is 17.4 Å². The lowest BCUT2D eigenvalue weighted by molar-refractivity contribution is 0.0344. The highest BCUT2D eigenvalue weighted by molar-refractivity contribution is 5.86. The van der Waals surface area contributed by atoms with Crippen LogP contribution in [0.2, 0.25) is 0 Å². The molecule has 9 nitrogen and oxygen atoms in total. The molecule has 0 radical (unpaired) electrons. The van der Waals surface area contributed by atoms with E-state index in [9.17, 15) is 4.39 Å². The summed E-state index contributed by atoms with van der Waals surface area (Å²) >= 11 is 0. The number of aromatic nitrogens is 5. The molecule has 1 aromatic carbocycles. The molecule has 5 heterocycles. The van der Waals surface area contributed by atoms with Crippen LogP contribution in [-0.2, 0) is 18.3 Å². The monoisotopic (exact) mass is 502 g/mol. The van der Waals surface area contributed by atoms with Crippen LogP contribution in [-0.4, -0.2) is 75.5 Å². The van der Waals surface area contributed by atoms with E-state index in [2.05, 4.69) is 24.8 Å². The van der Waals surface area contributed by atoms with Crippen molar-refractivity contribution in [3.63, 3.8) is 0 Å². The van der Waals surface area contributed by atoms with Gasteiger partial charge in [0.2, 0.25) is 5.95 Å². The lowest BCUT2D eigenvalue weighted by Crippen LogP contribution is -2.40. The average Bonchev–Trinajstić information content (AvgIpc) is 3.22. The molecule has 1 unspecified atom stereocenters. The number of hydrogen-bond acceptors (Lipinski definition) is 8. The van der Waals surface area contributed by atoms with Gasteiger partial charge in [-0.2, -0.15) is 10.1 Å². The standard InChI is InChI=1S/C27H31FN8O/c1-33-23(9-11-30-33)24-19-36(16-17-37-24)26-25-22(8-4-10-29-25)31-27(32-26)35-13-5-12-34(14-15-35)18-20-6-2-3-7-21(20)28/h2-4,6-11,24H,5,12-19H2,1H3. The Labute approximate surface area is 215 Å². The Hall–Kier alpha value is -3.63. The molecule has 2 fully saturated rings. The molecular weight excluding hydrogens is 471 g/mol. The molecule has 4 aromatic rings. The van der Waals surface area contributed by atoms with Crippen LogP contribution in [0.25, 0.3) is 11.0 Å². The van der Waals surface area contributed by atoms with E-state index < -0.39 is 0 Å². The molecule has 0 N–H and O–H groups in total. The van der Waals surface area contributed by atoms with Crippen molar-refractivity contribution in [2.75, 3.05) is 55.7 Å². The van der Waals surface area contributed by atoms with E-state index in [0.717, 1.165) is 67.3 Å². The van der Waals surface area contributed by atoms with E-state index in [0.29, 0.717) is 25.6 Å². The zero-order chi connectivity index (χ0) is 25.2. The van der Waals surface area contributed by atoms with E-state index in [4.69, 9.17) is 14.7 Å². The van der Waals surface area contributed by atoms with Gasteiger partial charge in [-0.15, -0.1) is 0 Å². The summed E-state index contributed by atoms with van der Waals surface area (Å²) in [5.74, 6) is 1.41. The second kappa shape index (κ2) is 10.4. The zero-order valence-corrected chi connectivity index (χ0v) is 21.0. The number of pyridine rings is 1. The Morgan fingerprint density at radius 1 is 0.946 bits per heavy atom. The van der Waals surface area contributed by atoms with E-state index in [-0.39, 0.29) is 11.9 Å². The molecule has 37 heavy (non-hydrogen) atoms. The number of hydrogen-bond donors (Lipinski definition) is 0. The summed E-state index contributed by atoms with van der Waals surface area (Å²) in [5, 5.41) is 4.31. The number of anilines is 2. The number of rotatable bonds is 5. The summed E-state index contributed by atoms with van der Waals surface area (Å²) in [6, 6.07) is 12.9. The minimum absolute atomic E-state index is 0.0939. The number of aryl methyl sites for hydroxylation is 1. The van der Waals surface area contributed by atoms with Gasteiger partial charge in [-0.05, 0) is 30.7 Å². The zero-order valence-electron chi connectivity index (χ0n) is 21.0. The number of ether oxygens (including phenoxy) is 1. The second-order valence-electron chi connectivity index (χ2n) is 9.61. The highest BCUT2D eigenvalue weighted by Gasteiger charge is 2.28. The van der Waals surface area contributed by atoms with Crippen LogP contribution < -0.4 is 9.80 Å². The van der Waals surface area contributed by atoms with Crippen LogP contribution in [0.1, 0.15) is 23.8 Å². The van der Waals surface area contributed by atoms with Crippen molar-refractivity contribution in [3.8, 4) is 0 Å². The Morgan fingerprint density at radius 2 is 1.86 bits per heavy atom. The Morgan fingerprint density at radius 3 is 2.73 bits per heavy atom. The van der Waals surface area contributed by atoms with Gasteiger partial charge in [-0.3, -0.25) is 14.6 Å². The van der Waals surface area contributed by atoms with Crippen molar-refractivity contribution in [1.29, 1.82) is 0 Å². The Bertz CT molecular complexity index is 1380. The van der Waals surface area contributed by atoms with Crippen molar-refractivity contribution in [1.82, 2.24) is 29.6 Å². The molecule has 0 aliphatic carbocycles. The van der Waals surface area contributed by atoms with Gasteiger partial charge in [0, 0.05) is 64.3 Å². The quantitative estimate of drug-likeness (QED) is 0.412. The molecule has 0 spiro atoms. The minimum Gasteiger partial charge on any atom is -0.368 e. The summed E-state index contributed by atoms with van der Waals surface area (Å²) in [6.45, 7) is 5.95. The Balaban J connectivity index is 1.25. The molecule has 2 aliphatic heterocycles. The average molecular weight is 503 g/mol. The van der Waals surface area contributed by atoms with E-state index in [1.54, 1.807) is 18.5 Å². The third kappa shape index (κ3) is 4.99. The van der Waals surface area contributed by atoms with Crippen molar-refractivity contribution < 1.29 is 9.13 Å².